The smallest absolute Gasteiger partial charge is 0.387 e. The van der Waals surface area contributed by atoms with E-state index in [1.807, 2.05) is 25.1 Å². The minimum absolute atomic E-state index is 0.0357. The third-order valence-electron chi connectivity index (χ3n) is 3.53. The monoisotopic (exact) mass is 394 g/mol. The maximum absolute atomic E-state index is 12.4. The van der Waals surface area contributed by atoms with Crippen LogP contribution < -0.4 is 19.5 Å². The first-order chi connectivity index (χ1) is 13.0. The third-order valence-corrected chi connectivity index (χ3v) is 4.47. The van der Waals surface area contributed by atoms with Crippen LogP contribution in [0.4, 0.5) is 13.9 Å². The van der Waals surface area contributed by atoms with Gasteiger partial charge in [-0.15, -0.1) is 0 Å². The van der Waals surface area contributed by atoms with E-state index in [2.05, 4.69) is 15.0 Å². The van der Waals surface area contributed by atoms with Gasteiger partial charge in [0.2, 0.25) is 0 Å². The molecule has 6 nitrogen and oxygen atoms in total. The summed E-state index contributed by atoms with van der Waals surface area (Å²) in [6.45, 7) is -0.530. The zero-order chi connectivity index (χ0) is 19.4. The highest BCUT2D eigenvalue weighted by Crippen LogP contribution is 2.31. The molecule has 2 aromatic carbocycles. The lowest BCUT2D eigenvalue weighted by Gasteiger charge is -2.11. The molecule has 0 saturated heterocycles. The van der Waals surface area contributed by atoms with E-state index >= 15 is 0 Å². The highest BCUT2D eigenvalue weighted by atomic mass is 32.1. The van der Waals surface area contributed by atoms with Crippen molar-refractivity contribution >= 4 is 32.6 Å². The van der Waals surface area contributed by atoms with Gasteiger partial charge in [0.05, 0.1) is 23.9 Å². The van der Waals surface area contributed by atoms with Crippen molar-refractivity contribution in [1.29, 1.82) is 0 Å². The Bertz CT molecular complexity index is 962. The second-order valence-electron chi connectivity index (χ2n) is 5.28. The molecule has 27 heavy (non-hydrogen) atoms. The van der Waals surface area contributed by atoms with Gasteiger partial charge < -0.3 is 14.2 Å². The van der Waals surface area contributed by atoms with Crippen molar-refractivity contribution in [3.05, 3.63) is 42.0 Å². The van der Waals surface area contributed by atoms with Gasteiger partial charge in [-0.2, -0.15) is 8.78 Å². The van der Waals surface area contributed by atoms with Crippen LogP contribution in [-0.4, -0.2) is 31.2 Å². The Hall–Kier alpha value is -2.94. The van der Waals surface area contributed by atoms with Crippen LogP contribution in [0.2, 0.25) is 0 Å². The lowest BCUT2D eigenvalue weighted by Crippen LogP contribution is -2.12. The second kappa shape index (κ2) is 8.17. The van der Waals surface area contributed by atoms with Crippen LogP contribution >= 0.6 is 11.3 Å². The number of halogens is 2. The number of carbonyl (C=O) groups is 1. The maximum Gasteiger partial charge on any atom is 0.387 e. The maximum atomic E-state index is 12.4. The molecule has 0 saturated carbocycles. The van der Waals surface area contributed by atoms with Gasteiger partial charge in [0.1, 0.15) is 5.75 Å². The number of alkyl halides is 2. The number of hydrogen-bond acceptors (Lipinski definition) is 6. The predicted molar refractivity (Wildman–Crippen MR) is 98.4 cm³/mol. The van der Waals surface area contributed by atoms with Crippen LogP contribution in [0.5, 0.6) is 17.2 Å². The Kier molecular flexibility index (Phi) is 5.70. The molecule has 0 aliphatic rings. The number of amides is 1. The topological polar surface area (TPSA) is 69.7 Å². The number of aromatic nitrogens is 1. The number of methoxy groups -OCH3 is 1. The Labute approximate surface area is 157 Å². The summed E-state index contributed by atoms with van der Waals surface area (Å²) in [5.41, 5.74) is 0.958. The van der Waals surface area contributed by atoms with Gasteiger partial charge in [0.25, 0.3) is 5.91 Å². The Morgan fingerprint density at radius 2 is 2.04 bits per heavy atom. The molecule has 0 spiro atoms. The average molecular weight is 394 g/mol. The molecule has 9 heteroatoms. The first-order valence-electron chi connectivity index (χ1n) is 7.97. The Morgan fingerprint density at radius 3 is 2.74 bits per heavy atom. The molecule has 0 aliphatic heterocycles. The lowest BCUT2D eigenvalue weighted by atomic mass is 10.2. The number of ether oxygens (including phenoxy) is 3. The van der Waals surface area contributed by atoms with Gasteiger partial charge in [0, 0.05) is 5.56 Å². The highest BCUT2D eigenvalue weighted by molar-refractivity contribution is 7.22. The molecule has 0 aliphatic carbocycles. The third kappa shape index (κ3) is 4.43. The molecule has 0 bridgehead atoms. The molecular formula is C18H16F2N2O4S. The number of carbonyl (C=O) groups excluding carboxylic acids is 1. The minimum Gasteiger partial charge on any atom is -0.494 e. The first kappa shape index (κ1) is 18.8. The van der Waals surface area contributed by atoms with Crippen molar-refractivity contribution in [2.24, 2.45) is 0 Å². The van der Waals surface area contributed by atoms with E-state index < -0.39 is 12.5 Å². The van der Waals surface area contributed by atoms with Crippen molar-refractivity contribution in [2.45, 2.75) is 13.5 Å². The number of benzene rings is 2. The van der Waals surface area contributed by atoms with Crippen molar-refractivity contribution in [1.82, 2.24) is 4.98 Å². The molecule has 142 valence electrons. The molecule has 1 N–H and O–H groups in total. The molecule has 3 rings (SSSR count). The van der Waals surface area contributed by atoms with E-state index in [1.165, 1.54) is 36.6 Å². The molecule has 0 fully saturated rings. The van der Waals surface area contributed by atoms with Gasteiger partial charge in [0.15, 0.2) is 16.6 Å². The number of hydrogen-bond donors (Lipinski definition) is 1. The fourth-order valence-corrected chi connectivity index (χ4v) is 3.28. The quantitative estimate of drug-likeness (QED) is 0.636. The molecule has 0 atom stereocenters. The van der Waals surface area contributed by atoms with Crippen LogP contribution in [0.15, 0.2) is 36.4 Å². The van der Waals surface area contributed by atoms with Crippen LogP contribution in [0.25, 0.3) is 10.2 Å². The molecule has 0 radical (unpaired) electrons. The Balaban J connectivity index is 1.79. The lowest BCUT2D eigenvalue weighted by molar-refractivity contribution is -0.0512. The molecule has 1 aromatic heterocycles. The SMILES string of the molecule is CCOc1ccc2nc(NC(=O)c3ccc(OC(F)F)c(OC)c3)sc2c1. The van der Waals surface area contributed by atoms with E-state index in [1.54, 1.807) is 0 Å². The van der Waals surface area contributed by atoms with Crippen molar-refractivity contribution in [3.63, 3.8) is 0 Å². The van der Waals surface area contributed by atoms with Gasteiger partial charge in [-0.05, 0) is 43.3 Å². The average Bonchev–Trinajstić information content (AvgIpc) is 3.03. The zero-order valence-electron chi connectivity index (χ0n) is 14.5. The molecule has 3 aromatic rings. The largest absolute Gasteiger partial charge is 0.494 e. The van der Waals surface area contributed by atoms with Gasteiger partial charge in [-0.3, -0.25) is 10.1 Å². The number of nitrogens with one attached hydrogen (secondary N) is 1. The van der Waals surface area contributed by atoms with E-state index in [0.717, 1.165) is 16.0 Å². The zero-order valence-corrected chi connectivity index (χ0v) is 15.3. The number of fused-ring (bicyclic) bond motifs is 1. The molecule has 0 unspecified atom stereocenters. The number of thiazole rings is 1. The second-order valence-corrected chi connectivity index (χ2v) is 6.31. The van der Waals surface area contributed by atoms with Crippen LogP contribution in [-0.2, 0) is 0 Å². The van der Waals surface area contributed by atoms with E-state index in [0.29, 0.717) is 11.7 Å². The number of nitrogens with zero attached hydrogens (tertiary/aromatic N) is 1. The van der Waals surface area contributed by atoms with Crippen LogP contribution in [0, 0.1) is 0 Å². The van der Waals surface area contributed by atoms with E-state index in [-0.39, 0.29) is 17.1 Å². The summed E-state index contributed by atoms with van der Waals surface area (Å²) in [5.74, 6) is 0.174. The summed E-state index contributed by atoms with van der Waals surface area (Å²) < 4.78 is 40.5. The van der Waals surface area contributed by atoms with Crippen molar-refractivity contribution in [3.8, 4) is 17.2 Å². The fraction of sp³-hybridized carbons (Fsp3) is 0.222. The standard InChI is InChI=1S/C18H16F2N2O4S/c1-3-25-11-5-6-12-15(9-11)27-18(21-12)22-16(23)10-4-7-13(26-17(19)20)14(8-10)24-2/h4-9,17H,3H2,1-2H3,(H,21,22,23). The van der Waals surface area contributed by atoms with Crippen LogP contribution in [0.1, 0.15) is 17.3 Å². The highest BCUT2D eigenvalue weighted by Gasteiger charge is 2.15. The fourth-order valence-electron chi connectivity index (χ4n) is 2.39. The van der Waals surface area contributed by atoms with Crippen molar-refractivity contribution in [2.75, 3.05) is 19.0 Å². The summed E-state index contributed by atoms with van der Waals surface area (Å²) in [5, 5.41) is 3.11. The molecule has 1 amide bonds. The number of anilines is 1. The summed E-state index contributed by atoms with van der Waals surface area (Å²) in [4.78, 5) is 16.8. The summed E-state index contributed by atoms with van der Waals surface area (Å²) >= 11 is 1.30. The Morgan fingerprint density at radius 1 is 1.22 bits per heavy atom. The van der Waals surface area contributed by atoms with E-state index in [9.17, 15) is 13.6 Å². The van der Waals surface area contributed by atoms with E-state index in [4.69, 9.17) is 9.47 Å². The molecular weight excluding hydrogens is 378 g/mol. The number of rotatable bonds is 7. The van der Waals surface area contributed by atoms with Gasteiger partial charge in [-0.25, -0.2) is 4.98 Å². The minimum atomic E-state index is -2.98. The van der Waals surface area contributed by atoms with Crippen LogP contribution in [0.3, 0.4) is 0 Å². The van der Waals surface area contributed by atoms with Gasteiger partial charge >= 0.3 is 6.61 Å². The molecule has 1 heterocycles. The first-order valence-corrected chi connectivity index (χ1v) is 8.79. The van der Waals surface area contributed by atoms with Gasteiger partial charge in [-0.1, -0.05) is 11.3 Å². The summed E-state index contributed by atoms with van der Waals surface area (Å²) in [6, 6.07) is 9.43. The normalized spacial score (nSPS) is 10.9. The predicted octanol–water partition coefficient (Wildman–Crippen LogP) is 4.56. The summed E-state index contributed by atoms with van der Waals surface area (Å²) in [6.07, 6.45) is 0. The summed E-state index contributed by atoms with van der Waals surface area (Å²) in [7, 11) is 1.30. The van der Waals surface area contributed by atoms with Crippen molar-refractivity contribution < 1.29 is 27.8 Å².